The predicted octanol–water partition coefficient (Wildman–Crippen LogP) is 2.21. The van der Waals surface area contributed by atoms with Crippen LogP contribution < -0.4 is 0 Å². The van der Waals surface area contributed by atoms with E-state index in [1.165, 1.54) is 37.9 Å². The molecule has 1 aromatic carbocycles. The molecule has 0 bridgehead atoms. The monoisotopic (exact) mass is 212 g/mol. The van der Waals surface area contributed by atoms with Gasteiger partial charge >= 0.3 is 29.6 Å². The van der Waals surface area contributed by atoms with E-state index in [1.807, 2.05) is 0 Å². The maximum atomic E-state index is 3.89. The van der Waals surface area contributed by atoms with Crippen molar-refractivity contribution in [1.82, 2.24) is 4.90 Å². The van der Waals surface area contributed by atoms with Crippen molar-refractivity contribution in [3.8, 4) is 0 Å². The molecule has 0 unspecified atom stereocenters. The Morgan fingerprint density at radius 3 is 2.20 bits per heavy atom. The molecule has 0 saturated carbocycles. The Hall–Kier alpha value is 0.180. The van der Waals surface area contributed by atoms with Gasteiger partial charge in [-0.05, 0) is 44.0 Å². The number of nitrogens with zero attached hydrogens (tertiary/aromatic N) is 1. The van der Waals surface area contributed by atoms with Crippen molar-refractivity contribution < 1.29 is 0 Å². The summed E-state index contributed by atoms with van der Waals surface area (Å²) in [5.74, 6) is 0. The van der Waals surface area contributed by atoms with Crippen molar-refractivity contribution in [2.45, 2.75) is 25.8 Å². The third-order valence-corrected chi connectivity index (χ3v) is 2.88. The number of likely N-dealkylation sites (tertiary alicyclic amines) is 1. The third kappa shape index (κ3) is 4.28. The van der Waals surface area contributed by atoms with Gasteiger partial charge in [0.2, 0.25) is 0 Å². The van der Waals surface area contributed by atoms with Crippen LogP contribution in [0.4, 0.5) is 0 Å². The first-order valence-electron chi connectivity index (χ1n) is 5.48. The Kier molecular flexibility index (Phi) is 5.91. The number of benzene rings is 1. The van der Waals surface area contributed by atoms with Crippen LogP contribution >= 0.6 is 0 Å². The normalized spacial score (nSPS) is 17.1. The summed E-state index contributed by atoms with van der Waals surface area (Å²) in [5.41, 5.74) is 2.52. The van der Waals surface area contributed by atoms with Gasteiger partial charge in [-0.3, -0.25) is 4.90 Å². The van der Waals surface area contributed by atoms with E-state index in [0.717, 1.165) is 12.1 Å². The van der Waals surface area contributed by atoms with Crippen LogP contribution in [0, 0.1) is 6.92 Å². The number of hydrogen-bond acceptors (Lipinski definition) is 1. The molecule has 1 heterocycles. The first-order chi connectivity index (χ1) is 6.84. The summed E-state index contributed by atoms with van der Waals surface area (Å²) < 4.78 is 0. The van der Waals surface area contributed by atoms with Gasteiger partial charge in [0, 0.05) is 6.54 Å². The molecule has 2 heteroatoms. The van der Waals surface area contributed by atoms with Gasteiger partial charge in [-0.15, -0.1) is 0 Å². The van der Waals surface area contributed by atoms with Gasteiger partial charge in [-0.2, -0.15) is 0 Å². The summed E-state index contributed by atoms with van der Waals surface area (Å²) >= 11 is 0. The van der Waals surface area contributed by atoms with Crippen LogP contribution in [0.2, 0.25) is 0 Å². The third-order valence-electron chi connectivity index (χ3n) is 2.88. The van der Waals surface area contributed by atoms with E-state index in [9.17, 15) is 0 Å². The fourth-order valence-corrected chi connectivity index (χ4v) is 2.02. The standard InChI is InChI=1S/C13H18N.Na.H/c1-12-5-7-13(8-6-12)11-14-9-3-2-4-10-14;;/h5-8H,1-4,9-11H2;;. The Morgan fingerprint density at radius 1 is 1.00 bits per heavy atom. The zero-order valence-electron chi connectivity index (χ0n) is 8.71. The van der Waals surface area contributed by atoms with Gasteiger partial charge < -0.3 is 0 Å². The minimum absolute atomic E-state index is 0. The summed E-state index contributed by atoms with van der Waals surface area (Å²) in [4.78, 5) is 2.54. The number of hydrogen-bond donors (Lipinski definition) is 0. The fourth-order valence-electron chi connectivity index (χ4n) is 2.02. The van der Waals surface area contributed by atoms with Crippen molar-refractivity contribution in [3.63, 3.8) is 0 Å². The van der Waals surface area contributed by atoms with Crippen molar-refractivity contribution in [2.75, 3.05) is 13.1 Å². The Morgan fingerprint density at radius 2 is 1.60 bits per heavy atom. The summed E-state index contributed by atoms with van der Waals surface area (Å²) in [7, 11) is 0. The zero-order valence-corrected chi connectivity index (χ0v) is 8.71. The van der Waals surface area contributed by atoms with E-state index >= 15 is 0 Å². The van der Waals surface area contributed by atoms with E-state index < -0.39 is 0 Å². The van der Waals surface area contributed by atoms with E-state index in [1.54, 1.807) is 0 Å². The molecule has 2 rings (SSSR count). The second kappa shape index (κ2) is 6.70. The molecule has 0 atom stereocenters. The van der Waals surface area contributed by atoms with E-state index in [-0.39, 0.29) is 29.6 Å². The molecule has 0 amide bonds. The number of rotatable bonds is 2. The van der Waals surface area contributed by atoms with Gasteiger partial charge in [0.1, 0.15) is 0 Å². The molecule has 1 radical (unpaired) electrons. The van der Waals surface area contributed by atoms with Crippen LogP contribution in [-0.4, -0.2) is 47.5 Å². The van der Waals surface area contributed by atoms with Crippen LogP contribution in [0.5, 0.6) is 0 Å². The van der Waals surface area contributed by atoms with Crippen LogP contribution in [0.15, 0.2) is 24.3 Å². The van der Waals surface area contributed by atoms with Crippen LogP contribution in [0.25, 0.3) is 0 Å². The topological polar surface area (TPSA) is 3.24 Å². The van der Waals surface area contributed by atoms with E-state index in [4.69, 9.17) is 0 Å². The van der Waals surface area contributed by atoms with Gasteiger partial charge in [-0.1, -0.05) is 30.7 Å². The predicted molar refractivity (Wildman–Crippen MR) is 67.2 cm³/mol. The molecular weight excluding hydrogens is 193 g/mol. The van der Waals surface area contributed by atoms with Crippen LogP contribution in [-0.2, 0) is 6.54 Å². The van der Waals surface area contributed by atoms with Crippen molar-refractivity contribution in [2.24, 2.45) is 0 Å². The molecule has 1 fully saturated rings. The molecule has 0 aliphatic carbocycles. The van der Waals surface area contributed by atoms with Crippen LogP contribution in [0.1, 0.15) is 30.4 Å². The second-order valence-electron chi connectivity index (χ2n) is 4.15. The first kappa shape index (κ1) is 13.2. The summed E-state index contributed by atoms with van der Waals surface area (Å²) in [5, 5.41) is 0. The number of piperidine rings is 1. The molecule has 1 aliphatic heterocycles. The van der Waals surface area contributed by atoms with Crippen molar-refractivity contribution in [1.29, 1.82) is 0 Å². The van der Waals surface area contributed by atoms with Gasteiger partial charge in [0.25, 0.3) is 0 Å². The molecule has 1 aliphatic rings. The summed E-state index contributed by atoms with van der Waals surface area (Å²) in [6, 6.07) is 8.58. The summed E-state index contributed by atoms with van der Waals surface area (Å²) in [6.07, 6.45) is 4.15. The maximum absolute atomic E-state index is 3.89. The van der Waals surface area contributed by atoms with E-state index in [0.29, 0.717) is 0 Å². The van der Waals surface area contributed by atoms with Gasteiger partial charge in [0.05, 0.1) is 0 Å². The Labute approximate surface area is 115 Å². The molecule has 77 valence electrons. The second-order valence-corrected chi connectivity index (χ2v) is 4.15. The quantitative estimate of drug-likeness (QED) is 0.679. The first-order valence-corrected chi connectivity index (χ1v) is 5.48. The molecule has 1 saturated heterocycles. The average molecular weight is 212 g/mol. The molecule has 0 spiro atoms. The molecular formula is C13H19NNa. The van der Waals surface area contributed by atoms with Gasteiger partial charge in [-0.25, -0.2) is 0 Å². The van der Waals surface area contributed by atoms with Crippen molar-refractivity contribution in [3.05, 3.63) is 42.3 Å². The molecule has 15 heavy (non-hydrogen) atoms. The molecule has 1 nitrogen and oxygen atoms in total. The van der Waals surface area contributed by atoms with Gasteiger partial charge in [0.15, 0.2) is 0 Å². The molecule has 1 aromatic rings. The minimum atomic E-state index is 0. The Bertz CT molecular complexity index is 275. The average Bonchev–Trinajstić information content (AvgIpc) is 2.23. The molecule has 0 N–H and O–H groups in total. The fraction of sp³-hybridized carbons (Fsp3) is 0.462. The van der Waals surface area contributed by atoms with E-state index in [2.05, 4.69) is 36.1 Å². The Balaban J connectivity index is 0.00000112. The SMILES string of the molecule is [CH2]c1ccc(CN2CCCCC2)cc1.[NaH]. The zero-order chi connectivity index (χ0) is 9.80. The van der Waals surface area contributed by atoms with Crippen LogP contribution in [0.3, 0.4) is 0 Å². The summed E-state index contributed by atoms with van der Waals surface area (Å²) in [6.45, 7) is 7.55. The van der Waals surface area contributed by atoms with Crippen molar-refractivity contribution >= 4 is 29.6 Å². The molecule has 0 aromatic heterocycles.